The smallest absolute Gasteiger partial charge is 0.230 e. The van der Waals surface area contributed by atoms with E-state index < -0.39 is 8.07 Å². The summed E-state index contributed by atoms with van der Waals surface area (Å²) in [5.41, 5.74) is 0. The number of carbonyl (C=O) groups is 4. The van der Waals surface area contributed by atoms with Gasteiger partial charge >= 0.3 is 0 Å². The number of nitrogens with zero attached hydrogens (tertiary/aromatic N) is 3. The van der Waals surface area contributed by atoms with Crippen LogP contribution in [0.1, 0.15) is 70.6 Å². The Kier molecular flexibility index (Phi) is 11.0. The summed E-state index contributed by atoms with van der Waals surface area (Å²) < 4.78 is 0. The summed E-state index contributed by atoms with van der Waals surface area (Å²) in [6.45, 7) is 10.0. The molecule has 2 aliphatic rings. The highest BCUT2D eigenvalue weighted by atomic mass is 28.3. The average Bonchev–Trinajstić information content (AvgIpc) is 3.07. The number of imide groups is 2. The summed E-state index contributed by atoms with van der Waals surface area (Å²) in [7, 11) is -1.16. The molecule has 2 saturated heterocycles. The lowest BCUT2D eigenvalue weighted by Crippen LogP contribution is -2.41. The lowest BCUT2D eigenvalue weighted by Gasteiger charge is -2.26. The molecule has 182 valence electrons. The fraction of sp³-hybridized carbons (Fsp3) is 0.833. The molecule has 32 heavy (non-hydrogen) atoms. The summed E-state index contributed by atoms with van der Waals surface area (Å²) >= 11 is 0. The van der Waals surface area contributed by atoms with Gasteiger partial charge in [-0.05, 0) is 38.6 Å². The Morgan fingerprint density at radius 3 is 1.66 bits per heavy atom. The maximum absolute atomic E-state index is 12.7. The third kappa shape index (κ3) is 9.53. The molecule has 0 N–H and O–H groups in total. The first-order valence-corrected chi connectivity index (χ1v) is 16.3. The molecular weight excluding hydrogens is 422 g/mol. The molecule has 2 aliphatic heterocycles. The predicted octanol–water partition coefficient (Wildman–Crippen LogP) is 3.66. The highest BCUT2D eigenvalue weighted by molar-refractivity contribution is 6.76. The van der Waals surface area contributed by atoms with Gasteiger partial charge in [0.15, 0.2) is 0 Å². The second-order valence-electron chi connectivity index (χ2n) is 10.5. The van der Waals surface area contributed by atoms with E-state index in [-0.39, 0.29) is 23.6 Å². The van der Waals surface area contributed by atoms with Crippen LogP contribution in [0, 0.1) is 0 Å². The monoisotopic (exact) mass is 465 g/mol. The first kappa shape index (κ1) is 26.7. The predicted molar refractivity (Wildman–Crippen MR) is 129 cm³/mol. The standard InChI is InChI=1S/C24H43N3O4Si/c1-32(2,3)20-10-15-25(18-13-23(30)26-16-8-4-6-11-21(26)28)19-14-24(31)27-17-9-5-7-12-22(27)29/h4-20H2,1-3H3. The molecule has 0 atom stereocenters. The van der Waals surface area contributed by atoms with Crippen molar-refractivity contribution in [2.45, 2.75) is 96.3 Å². The van der Waals surface area contributed by atoms with E-state index in [0.29, 0.717) is 51.9 Å². The molecule has 4 amide bonds. The zero-order valence-corrected chi connectivity index (χ0v) is 21.5. The molecule has 0 saturated carbocycles. The van der Waals surface area contributed by atoms with E-state index in [1.165, 1.54) is 15.8 Å². The lowest BCUT2D eigenvalue weighted by molar-refractivity contribution is -0.145. The maximum Gasteiger partial charge on any atom is 0.230 e. The average molecular weight is 466 g/mol. The van der Waals surface area contributed by atoms with Gasteiger partial charge in [0.25, 0.3) is 0 Å². The van der Waals surface area contributed by atoms with Crippen LogP contribution in [0.2, 0.25) is 25.7 Å². The number of rotatable bonds is 10. The van der Waals surface area contributed by atoms with Crippen LogP contribution in [0.5, 0.6) is 0 Å². The topological polar surface area (TPSA) is 78.0 Å². The van der Waals surface area contributed by atoms with Crippen LogP contribution < -0.4 is 0 Å². The van der Waals surface area contributed by atoms with Crippen molar-refractivity contribution in [3.63, 3.8) is 0 Å². The van der Waals surface area contributed by atoms with Gasteiger partial charge in [0.05, 0.1) is 0 Å². The Labute approximate surface area is 194 Å². The van der Waals surface area contributed by atoms with E-state index in [0.717, 1.165) is 51.5 Å². The fourth-order valence-corrected chi connectivity index (χ4v) is 5.66. The number of carbonyl (C=O) groups excluding carboxylic acids is 4. The second-order valence-corrected chi connectivity index (χ2v) is 16.1. The van der Waals surface area contributed by atoms with Crippen LogP contribution in [0.15, 0.2) is 0 Å². The van der Waals surface area contributed by atoms with Gasteiger partial charge in [-0.25, -0.2) is 0 Å². The number of likely N-dealkylation sites (tertiary alicyclic amines) is 2. The highest BCUT2D eigenvalue weighted by Crippen LogP contribution is 2.16. The second kappa shape index (κ2) is 13.2. The van der Waals surface area contributed by atoms with Crippen LogP contribution in [-0.2, 0) is 19.2 Å². The molecule has 8 heteroatoms. The molecule has 2 fully saturated rings. The van der Waals surface area contributed by atoms with Crippen molar-refractivity contribution in [1.29, 1.82) is 0 Å². The molecule has 0 radical (unpaired) electrons. The zero-order valence-electron chi connectivity index (χ0n) is 20.5. The van der Waals surface area contributed by atoms with Gasteiger partial charge in [0.2, 0.25) is 23.6 Å². The molecular formula is C24H43N3O4Si. The minimum atomic E-state index is -1.16. The minimum absolute atomic E-state index is 0.0485. The lowest BCUT2D eigenvalue weighted by atomic mass is 10.2. The van der Waals surface area contributed by atoms with Crippen LogP contribution in [0.3, 0.4) is 0 Å². The van der Waals surface area contributed by atoms with E-state index in [9.17, 15) is 19.2 Å². The molecule has 0 aliphatic carbocycles. The summed E-state index contributed by atoms with van der Waals surface area (Å²) in [5, 5.41) is 0. The van der Waals surface area contributed by atoms with Crippen molar-refractivity contribution < 1.29 is 19.2 Å². The van der Waals surface area contributed by atoms with Crippen LogP contribution in [0.25, 0.3) is 0 Å². The van der Waals surface area contributed by atoms with E-state index in [4.69, 9.17) is 0 Å². The third-order valence-electron chi connectivity index (χ3n) is 6.43. The van der Waals surface area contributed by atoms with Crippen LogP contribution in [0.4, 0.5) is 0 Å². The van der Waals surface area contributed by atoms with Gasteiger partial charge < -0.3 is 4.90 Å². The molecule has 0 unspecified atom stereocenters. The Morgan fingerprint density at radius 1 is 0.750 bits per heavy atom. The maximum atomic E-state index is 12.7. The van der Waals surface area contributed by atoms with Crippen molar-refractivity contribution in [2.24, 2.45) is 0 Å². The van der Waals surface area contributed by atoms with Crippen molar-refractivity contribution in [3.8, 4) is 0 Å². The zero-order chi connectivity index (χ0) is 23.6. The van der Waals surface area contributed by atoms with E-state index in [2.05, 4.69) is 24.5 Å². The molecule has 0 aromatic rings. The van der Waals surface area contributed by atoms with Crippen LogP contribution in [-0.4, -0.2) is 79.1 Å². The van der Waals surface area contributed by atoms with Gasteiger partial charge in [0.1, 0.15) is 0 Å². The number of amides is 4. The Morgan fingerprint density at radius 2 is 1.22 bits per heavy atom. The Hall–Kier alpha value is -1.54. The van der Waals surface area contributed by atoms with Gasteiger partial charge in [-0.1, -0.05) is 38.5 Å². The van der Waals surface area contributed by atoms with Crippen LogP contribution >= 0.6 is 0 Å². The van der Waals surface area contributed by atoms with Gasteiger partial charge in [-0.2, -0.15) is 0 Å². The van der Waals surface area contributed by atoms with Crippen molar-refractivity contribution in [3.05, 3.63) is 0 Å². The van der Waals surface area contributed by atoms with Crippen molar-refractivity contribution in [2.75, 3.05) is 32.7 Å². The Balaban J connectivity index is 1.90. The first-order chi connectivity index (χ1) is 15.2. The van der Waals surface area contributed by atoms with E-state index in [1.807, 2.05) is 0 Å². The van der Waals surface area contributed by atoms with Gasteiger partial charge in [0, 0.05) is 59.9 Å². The largest absolute Gasteiger partial charge is 0.302 e. The molecule has 0 aromatic carbocycles. The van der Waals surface area contributed by atoms with E-state index in [1.54, 1.807) is 0 Å². The molecule has 7 nitrogen and oxygen atoms in total. The molecule has 2 heterocycles. The minimum Gasteiger partial charge on any atom is -0.302 e. The molecule has 0 bridgehead atoms. The Bertz CT molecular complexity index is 616. The summed E-state index contributed by atoms with van der Waals surface area (Å²) in [4.78, 5) is 55.0. The van der Waals surface area contributed by atoms with Crippen molar-refractivity contribution in [1.82, 2.24) is 14.7 Å². The van der Waals surface area contributed by atoms with Crippen molar-refractivity contribution >= 4 is 31.7 Å². The number of hydrogen-bond acceptors (Lipinski definition) is 5. The SMILES string of the molecule is C[Si](C)(C)CCCN(CCC(=O)N1CCCCCC1=O)CCC(=O)N1CCCCCC1=O. The third-order valence-corrected chi connectivity index (χ3v) is 8.29. The molecule has 2 rings (SSSR count). The summed E-state index contributed by atoms with van der Waals surface area (Å²) in [6, 6.07) is 1.20. The molecule has 0 spiro atoms. The first-order valence-electron chi connectivity index (χ1n) is 12.6. The summed E-state index contributed by atoms with van der Waals surface area (Å²) in [5.74, 6) is -0.289. The fourth-order valence-electron chi connectivity index (χ4n) is 4.44. The van der Waals surface area contributed by atoms with E-state index >= 15 is 0 Å². The normalized spacial score (nSPS) is 18.6. The molecule has 0 aromatic heterocycles. The number of hydrogen-bond donors (Lipinski definition) is 0. The van der Waals surface area contributed by atoms with Gasteiger partial charge in [-0.15, -0.1) is 0 Å². The highest BCUT2D eigenvalue weighted by Gasteiger charge is 2.25. The quantitative estimate of drug-likeness (QED) is 0.460. The van der Waals surface area contributed by atoms with Gasteiger partial charge in [-0.3, -0.25) is 29.0 Å². The summed E-state index contributed by atoms with van der Waals surface area (Å²) in [6.07, 6.45) is 8.06.